The Hall–Kier alpha value is -3.02. The van der Waals surface area contributed by atoms with Crippen LogP contribution in [0.15, 0.2) is 59.3 Å². The van der Waals surface area contributed by atoms with Crippen LogP contribution in [0, 0.1) is 5.92 Å². The number of hydrogen-bond donors (Lipinski definition) is 0. The van der Waals surface area contributed by atoms with Gasteiger partial charge >= 0.3 is 0 Å². The normalized spacial score (nSPS) is 19.2. The number of nitrogens with zero attached hydrogens (tertiary/aromatic N) is 2. The Morgan fingerprint density at radius 2 is 1.96 bits per heavy atom. The molecule has 0 bridgehead atoms. The summed E-state index contributed by atoms with van der Waals surface area (Å²) in [6.07, 6.45) is 3.84. The number of ether oxygens (including phenoxy) is 2. The summed E-state index contributed by atoms with van der Waals surface area (Å²) in [7, 11) is 0. The van der Waals surface area contributed by atoms with E-state index in [1.165, 1.54) is 6.07 Å². The van der Waals surface area contributed by atoms with E-state index in [1.807, 2.05) is 30.3 Å². The van der Waals surface area contributed by atoms with Crippen LogP contribution in [0.1, 0.15) is 12.8 Å². The molecule has 0 amide bonds. The second-order valence-corrected chi connectivity index (χ2v) is 6.12. The molecule has 1 fully saturated rings. The molecular formula is C19H17N2O4-. The molecule has 1 aliphatic rings. The summed E-state index contributed by atoms with van der Waals surface area (Å²) >= 11 is 0. The third kappa shape index (κ3) is 3.74. The molecule has 6 heteroatoms. The standard InChI is InChI=1S/C19H18N2O4/c22-18-10-17(25-21-18)14-6-7-19(20-11-14)23-12-13-8-16(9-13)24-15-4-2-1-3-5-15/h1-7,10-11,13,16H,8-9,12H2,(H,21,22)/p-1. The molecule has 0 atom stereocenters. The molecule has 2 heterocycles. The monoisotopic (exact) mass is 337 g/mol. The van der Waals surface area contributed by atoms with E-state index < -0.39 is 5.88 Å². The molecular weight excluding hydrogens is 320 g/mol. The van der Waals surface area contributed by atoms with Gasteiger partial charge in [-0.15, -0.1) is 0 Å². The zero-order chi connectivity index (χ0) is 17.1. The van der Waals surface area contributed by atoms with Crippen molar-refractivity contribution in [1.82, 2.24) is 10.1 Å². The van der Waals surface area contributed by atoms with Crippen LogP contribution in [0.4, 0.5) is 0 Å². The van der Waals surface area contributed by atoms with Crippen LogP contribution in [-0.4, -0.2) is 22.9 Å². The van der Waals surface area contributed by atoms with E-state index in [0.29, 0.717) is 29.7 Å². The lowest BCUT2D eigenvalue weighted by atomic mass is 9.83. The van der Waals surface area contributed by atoms with Crippen molar-refractivity contribution in [3.05, 3.63) is 54.7 Å². The molecule has 0 N–H and O–H groups in total. The topological polar surface area (TPSA) is 80.4 Å². The number of pyridine rings is 1. The lowest BCUT2D eigenvalue weighted by molar-refractivity contribution is -0.277. The summed E-state index contributed by atoms with van der Waals surface area (Å²) in [5.41, 5.74) is 0.696. The van der Waals surface area contributed by atoms with Crippen molar-refractivity contribution < 1.29 is 19.1 Å². The van der Waals surface area contributed by atoms with Gasteiger partial charge in [0.05, 0.1) is 12.7 Å². The smallest absolute Gasteiger partial charge is 0.213 e. The first-order chi connectivity index (χ1) is 12.3. The van der Waals surface area contributed by atoms with Gasteiger partial charge in [0.25, 0.3) is 0 Å². The van der Waals surface area contributed by atoms with Crippen LogP contribution in [0.25, 0.3) is 11.3 Å². The van der Waals surface area contributed by atoms with Crippen molar-refractivity contribution in [2.75, 3.05) is 6.61 Å². The SMILES string of the molecule is [O-]c1cc(-c2ccc(OCC3CC(Oc4ccccc4)C3)nc2)on1. The number of rotatable bonds is 6. The van der Waals surface area contributed by atoms with Crippen molar-refractivity contribution >= 4 is 0 Å². The van der Waals surface area contributed by atoms with E-state index in [9.17, 15) is 5.11 Å². The minimum atomic E-state index is -0.396. The van der Waals surface area contributed by atoms with Crippen LogP contribution < -0.4 is 14.6 Å². The van der Waals surface area contributed by atoms with Gasteiger partial charge in [0.15, 0.2) is 5.76 Å². The first-order valence-electron chi connectivity index (χ1n) is 8.21. The van der Waals surface area contributed by atoms with E-state index in [4.69, 9.17) is 14.0 Å². The lowest BCUT2D eigenvalue weighted by Crippen LogP contribution is -2.37. The highest BCUT2D eigenvalue weighted by Gasteiger charge is 2.31. The number of hydrogen-bond acceptors (Lipinski definition) is 6. The highest BCUT2D eigenvalue weighted by Crippen LogP contribution is 2.32. The van der Waals surface area contributed by atoms with Crippen LogP contribution >= 0.6 is 0 Å². The minimum Gasteiger partial charge on any atom is -0.856 e. The molecule has 0 saturated heterocycles. The van der Waals surface area contributed by atoms with Crippen LogP contribution in [-0.2, 0) is 0 Å². The summed E-state index contributed by atoms with van der Waals surface area (Å²) in [6.45, 7) is 0.619. The van der Waals surface area contributed by atoms with Gasteiger partial charge in [-0.1, -0.05) is 23.4 Å². The molecule has 1 aliphatic carbocycles. The van der Waals surface area contributed by atoms with Gasteiger partial charge in [-0.25, -0.2) is 4.98 Å². The Morgan fingerprint density at radius 3 is 2.64 bits per heavy atom. The molecule has 4 rings (SSSR count). The third-order valence-electron chi connectivity index (χ3n) is 4.21. The number of para-hydroxylation sites is 1. The Balaban J connectivity index is 1.23. The quantitative estimate of drug-likeness (QED) is 0.688. The van der Waals surface area contributed by atoms with E-state index in [1.54, 1.807) is 18.3 Å². The Morgan fingerprint density at radius 1 is 1.12 bits per heavy atom. The van der Waals surface area contributed by atoms with E-state index in [-0.39, 0.29) is 6.10 Å². The Kier molecular flexibility index (Phi) is 4.24. The summed E-state index contributed by atoms with van der Waals surface area (Å²) in [5.74, 6) is 1.96. The molecule has 2 aromatic heterocycles. The molecule has 0 unspecified atom stereocenters. The summed E-state index contributed by atoms with van der Waals surface area (Å²) < 4.78 is 16.5. The summed E-state index contributed by atoms with van der Waals surface area (Å²) in [5, 5.41) is 14.4. The second-order valence-electron chi connectivity index (χ2n) is 6.12. The molecule has 0 spiro atoms. The Bertz CT molecular complexity index is 811. The van der Waals surface area contributed by atoms with Gasteiger partial charge in [-0.3, -0.25) is 0 Å². The predicted octanol–water partition coefficient (Wildman–Crippen LogP) is 3.05. The fraction of sp³-hybridized carbons (Fsp3) is 0.263. The number of aromatic nitrogens is 2. The Labute approximate surface area is 145 Å². The molecule has 25 heavy (non-hydrogen) atoms. The summed E-state index contributed by atoms with van der Waals surface area (Å²) in [6, 6.07) is 14.8. The van der Waals surface area contributed by atoms with E-state index >= 15 is 0 Å². The first-order valence-corrected chi connectivity index (χ1v) is 8.21. The van der Waals surface area contributed by atoms with Crippen molar-refractivity contribution in [3.8, 4) is 28.8 Å². The van der Waals surface area contributed by atoms with Crippen LogP contribution in [0.3, 0.4) is 0 Å². The van der Waals surface area contributed by atoms with Gasteiger partial charge in [-0.05, 0) is 37.1 Å². The van der Waals surface area contributed by atoms with Crippen LogP contribution in [0.5, 0.6) is 17.5 Å². The fourth-order valence-corrected chi connectivity index (χ4v) is 2.81. The zero-order valence-electron chi connectivity index (χ0n) is 13.5. The lowest BCUT2D eigenvalue weighted by Gasteiger charge is -2.35. The third-order valence-corrected chi connectivity index (χ3v) is 4.21. The van der Waals surface area contributed by atoms with Crippen molar-refractivity contribution in [2.24, 2.45) is 5.92 Å². The second kappa shape index (κ2) is 6.84. The fourth-order valence-electron chi connectivity index (χ4n) is 2.81. The first kappa shape index (κ1) is 15.5. The predicted molar refractivity (Wildman–Crippen MR) is 88.3 cm³/mol. The van der Waals surface area contributed by atoms with Gasteiger partial charge in [0, 0.05) is 29.6 Å². The van der Waals surface area contributed by atoms with Crippen LogP contribution in [0.2, 0.25) is 0 Å². The van der Waals surface area contributed by atoms with Crippen molar-refractivity contribution in [1.29, 1.82) is 0 Å². The average Bonchev–Trinajstić information content (AvgIpc) is 3.04. The highest BCUT2D eigenvalue weighted by molar-refractivity contribution is 5.56. The van der Waals surface area contributed by atoms with E-state index in [0.717, 1.165) is 18.6 Å². The molecule has 1 saturated carbocycles. The van der Waals surface area contributed by atoms with Gasteiger partial charge in [-0.2, -0.15) is 0 Å². The maximum Gasteiger partial charge on any atom is 0.213 e. The van der Waals surface area contributed by atoms with Gasteiger partial charge in [0.1, 0.15) is 5.75 Å². The maximum atomic E-state index is 11.0. The molecule has 1 aromatic carbocycles. The van der Waals surface area contributed by atoms with Gasteiger partial charge in [0.2, 0.25) is 5.88 Å². The molecule has 0 radical (unpaired) electrons. The largest absolute Gasteiger partial charge is 0.856 e. The molecule has 3 aromatic rings. The number of benzene rings is 1. The van der Waals surface area contributed by atoms with Crippen molar-refractivity contribution in [2.45, 2.75) is 18.9 Å². The average molecular weight is 337 g/mol. The van der Waals surface area contributed by atoms with Crippen molar-refractivity contribution in [3.63, 3.8) is 0 Å². The highest BCUT2D eigenvalue weighted by atomic mass is 16.5. The molecule has 128 valence electrons. The van der Waals surface area contributed by atoms with E-state index in [2.05, 4.69) is 10.1 Å². The zero-order valence-corrected chi connectivity index (χ0v) is 13.5. The van der Waals surface area contributed by atoms with Gasteiger partial charge < -0.3 is 19.1 Å². The maximum absolute atomic E-state index is 11.0. The molecule has 6 nitrogen and oxygen atoms in total. The molecule has 0 aliphatic heterocycles. The summed E-state index contributed by atoms with van der Waals surface area (Å²) in [4.78, 5) is 4.24. The minimum absolute atomic E-state index is 0.263.